The molecular formula is C34H33BO7. The van der Waals surface area contributed by atoms with E-state index >= 15 is 0 Å². The Bertz CT molecular complexity index is 1910. The molecule has 214 valence electrons. The SMILES string of the molecule is CC1(C)CB(c2ccc3cc(-c4cccc(-c5c(O)c(O)c6c(O)c(O)c(O)c(O)c6c5O)c4)ccc3c2)CC1(C)C. The average Bonchev–Trinajstić information content (AvgIpc) is 3.18. The van der Waals surface area contributed by atoms with E-state index in [0.29, 0.717) is 12.3 Å². The van der Waals surface area contributed by atoms with Crippen LogP contribution >= 0.6 is 0 Å². The van der Waals surface area contributed by atoms with Crippen molar-refractivity contribution in [2.24, 2.45) is 10.8 Å². The summed E-state index contributed by atoms with van der Waals surface area (Å²) < 4.78 is 0. The minimum absolute atomic E-state index is 0.213. The van der Waals surface area contributed by atoms with Crippen LogP contribution in [0.15, 0.2) is 60.7 Å². The van der Waals surface area contributed by atoms with Crippen LogP contribution in [0.25, 0.3) is 43.8 Å². The van der Waals surface area contributed by atoms with Gasteiger partial charge in [-0.2, -0.15) is 0 Å². The van der Waals surface area contributed by atoms with Crippen molar-refractivity contribution in [1.82, 2.24) is 0 Å². The zero-order valence-corrected chi connectivity index (χ0v) is 23.9. The summed E-state index contributed by atoms with van der Waals surface area (Å²) in [6.45, 7) is 9.94. The highest BCUT2D eigenvalue weighted by molar-refractivity contribution is 6.74. The molecular weight excluding hydrogens is 531 g/mol. The van der Waals surface area contributed by atoms with Crippen LogP contribution in [0, 0.1) is 10.8 Å². The lowest BCUT2D eigenvalue weighted by Gasteiger charge is -2.35. The van der Waals surface area contributed by atoms with Gasteiger partial charge in [0.2, 0.25) is 11.5 Å². The quantitative estimate of drug-likeness (QED) is 0.0708. The van der Waals surface area contributed by atoms with Crippen LogP contribution in [-0.2, 0) is 0 Å². The highest BCUT2D eigenvalue weighted by Crippen LogP contribution is 2.59. The fraction of sp³-hybridized carbons (Fsp3) is 0.235. The van der Waals surface area contributed by atoms with Crippen molar-refractivity contribution in [3.8, 4) is 62.5 Å². The van der Waals surface area contributed by atoms with Crippen LogP contribution in [0.2, 0.25) is 12.6 Å². The van der Waals surface area contributed by atoms with Gasteiger partial charge in [-0.25, -0.2) is 0 Å². The number of phenolic OH excluding ortho intramolecular Hbond substituents is 7. The Balaban J connectivity index is 1.41. The van der Waals surface area contributed by atoms with E-state index in [2.05, 4.69) is 58.0 Å². The van der Waals surface area contributed by atoms with Gasteiger partial charge in [0.15, 0.2) is 29.7 Å². The first kappa shape index (κ1) is 27.5. The highest BCUT2D eigenvalue weighted by Gasteiger charge is 2.48. The van der Waals surface area contributed by atoms with Gasteiger partial charge in [0.1, 0.15) is 5.75 Å². The van der Waals surface area contributed by atoms with Crippen molar-refractivity contribution < 1.29 is 35.7 Å². The Labute approximate surface area is 243 Å². The molecule has 0 radical (unpaired) electrons. The second kappa shape index (κ2) is 9.14. The fourth-order valence-electron chi connectivity index (χ4n) is 6.55. The first-order chi connectivity index (χ1) is 19.7. The van der Waals surface area contributed by atoms with Gasteiger partial charge < -0.3 is 35.7 Å². The Morgan fingerprint density at radius 2 is 1.00 bits per heavy atom. The predicted molar refractivity (Wildman–Crippen MR) is 167 cm³/mol. The van der Waals surface area contributed by atoms with E-state index in [1.54, 1.807) is 18.2 Å². The van der Waals surface area contributed by atoms with Gasteiger partial charge in [-0.1, -0.05) is 94.3 Å². The first-order valence-corrected chi connectivity index (χ1v) is 13.9. The molecule has 1 saturated heterocycles. The topological polar surface area (TPSA) is 142 Å². The van der Waals surface area contributed by atoms with E-state index in [-0.39, 0.29) is 16.4 Å². The van der Waals surface area contributed by atoms with Crippen LogP contribution in [0.5, 0.6) is 40.2 Å². The molecule has 42 heavy (non-hydrogen) atoms. The molecule has 1 aliphatic heterocycles. The Hall–Kier alpha value is -4.72. The standard InChI is InChI=1S/C34H33BO7/c1-33(2)15-35(16-34(33,3)4)22-11-10-19-12-18(8-9-20(19)14-22)17-6-5-7-21(13-17)23-26(36)24-25(28(38)27(23)37)30(40)32(42)31(41)29(24)39/h5-14,36-42H,15-16H2,1-4H3. The molecule has 0 spiro atoms. The van der Waals surface area contributed by atoms with E-state index < -0.39 is 51.0 Å². The third kappa shape index (κ3) is 3.96. The molecule has 5 aromatic rings. The maximum absolute atomic E-state index is 11.1. The number of fused-ring (bicyclic) bond motifs is 2. The van der Waals surface area contributed by atoms with Crippen molar-refractivity contribution in [2.75, 3.05) is 0 Å². The summed E-state index contributed by atoms with van der Waals surface area (Å²) in [6, 6.07) is 19.7. The molecule has 7 nitrogen and oxygen atoms in total. The molecule has 1 heterocycles. The molecule has 6 rings (SSSR count). The molecule has 0 aromatic heterocycles. The maximum Gasteiger partial charge on any atom is 0.205 e. The van der Waals surface area contributed by atoms with E-state index in [0.717, 1.165) is 34.5 Å². The fourth-order valence-corrected chi connectivity index (χ4v) is 6.55. The minimum Gasteiger partial charge on any atom is -0.506 e. The lowest BCUT2D eigenvalue weighted by molar-refractivity contribution is 0.177. The number of hydrogen-bond acceptors (Lipinski definition) is 7. The number of benzene rings is 5. The Morgan fingerprint density at radius 3 is 1.64 bits per heavy atom. The zero-order valence-electron chi connectivity index (χ0n) is 23.9. The van der Waals surface area contributed by atoms with Crippen molar-refractivity contribution in [1.29, 1.82) is 0 Å². The second-order valence-corrected chi connectivity index (χ2v) is 12.8. The summed E-state index contributed by atoms with van der Waals surface area (Å²) >= 11 is 0. The number of phenols is 7. The van der Waals surface area contributed by atoms with Gasteiger partial charge in [-0.05, 0) is 50.4 Å². The van der Waals surface area contributed by atoms with Gasteiger partial charge in [0.25, 0.3) is 0 Å². The van der Waals surface area contributed by atoms with Crippen molar-refractivity contribution in [3.05, 3.63) is 60.7 Å². The lowest BCUT2D eigenvalue weighted by atomic mass is 9.42. The van der Waals surface area contributed by atoms with Gasteiger partial charge >= 0.3 is 0 Å². The van der Waals surface area contributed by atoms with Crippen molar-refractivity contribution >= 4 is 33.7 Å². The molecule has 0 saturated carbocycles. The van der Waals surface area contributed by atoms with Crippen LogP contribution in [0.1, 0.15) is 27.7 Å². The van der Waals surface area contributed by atoms with Gasteiger partial charge in [0.05, 0.1) is 16.3 Å². The summed E-state index contributed by atoms with van der Waals surface area (Å²) in [4.78, 5) is 0. The lowest BCUT2D eigenvalue weighted by Crippen LogP contribution is -2.27. The zero-order chi connectivity index (χ0) is 30.3. The van der Waals surface area contributed by atoms with Gasteiger partial charge in [-0.3, -0.25) is 0 Å². The number of aromatic hydroxyl groups is 7. The Morgan fingerprint density at radius 1 is 0.500 bits per heavy atom. The molecule has 5 aromatic carbocycles. The van der Waals surface area contributed by atoms with E-state index in [4.69, 9.17) is 0 Å². The first-order valence-electron chi connectivity index (χ1n) is 13.9. The normalized spacial score (nSPS) is 16.0. The molecule has 7 N–H and O–H groups in total. The molecule has 0 bridgehead atoms. The van der Waals surface area contributed by atoms with E-state index in [9.17, 15) is 35.7 Å². The number of hydrogen-bond donors (Lipinski definition) is 7. The van der Waals surface area contributed by atoms with Crippen LogP contribution in [-0.4, -0.2) is 42.5 Å². The minimum atomic E-state index is -1.09. The summed E-state index contributed by atoms with van der Waals surface area (Å²) in [5.74, 6) is -6.44. The van der Waals surface area contributed by atoms with Gasteiger partial charge in [-0.15, -0.1) is 0 Å². The van der Waals surface area contributed by atoms with Crippen molar-refractivity contribution in [3.63, 3.8) is 0 Å². The third-order valence-electron chi connectivity index (χ3n) is 9.73. The smallest absolute Gasteiger partial charge is 0.205 e. The van der Waals surface area contributed by atoms with E-state index in [1.165, 1.54) is 5.46 Å². The highest BCUT2D eigenvalue weighted by atomic mass is 16.3. The van der Waals surface area contributed by atoms with E-state index in [1.807, 2.05) is 12.1 Å². The van der Waals surface area contributed by atoms with Crippen LogP contribution in [0.4, 0.5) is 0 Å². The van der Waals surface area contributed by atoms with Crippen LogP contribution in [0.3, 0.4) is 0 Å². The molecule has 0 atom stereocenters. The maximum atomic E-state index is 11.1. The number of rotatable bonds is 3. The Kier molecular flexibility index (Phi) is 5.98. The summed E-state index contributed by atoms with van der Waals surface area (Å²) in [5, 5.41) is 74.3. The summed E-state index contributed by atoms with van der Waals surface area (Å²) in [7, 11) is 0. The molecule has 1 aliphatic rings. The largest absolute Gasteiger partial charge is 0.506 e. The predicted octanol–water partition coefficient (Wildman–Crippen LogP) is 7.03. The third-order valence-corrected chi connectivity index (χ3v) is 9.73. The molecule has 0 amide bonds. The molecule has 0 aliphatic carbocycles. The molecule has 0 unspecified atom stereocenters. The summed E-state index contributed by atoms with van der Waals surface area (Å²) in [5.41, 5.74) is 3.67. The second-order valence-electron chi connectivity index (χ2n) is 12.8. The summed E-state index contributed by atoms with van der Waals surface area (Å²) in [6.07, 6.45) is 2.30. The monoisotopic (exact) mass is 564 g/mol. The molecule has 1 fully saturated rings. The van der Waals surface area contributed by atoms with Crippen molar-refractivity contribution in [2.45, 2.75) is 40.3 Å². The van der Waals surface area contributed by atoms with Gasteiger partial charge in [0, 0.05) is 0 Å². The average molecular weight is 564 g/mol. The molecule has 8 heteroatoms. The van der Waals surface area contributed by atoms with Crippen LogP contribution < -0.4 is 5.46 Å².